The van der Waals surface area contributed by atoms with Gasteiger partial charge in [0.25, 0.3) is 0 Å². The Morgan fingerprint density at radius 1 is 0.656 bits per heavy atom. The summed E-state index contributed by atoms with van der Waals surface area (Å²) in [6, 6.07) is 39.8. The monoisotopic (exact) mass is 516 g/mol. The van der Waals surface area contributed by atoms with Crippen LogP contribution in [0.2, 0.25) is 0 Å². The van der Waals surface area contributed by atoms with Crippen LogP contribution in [-0.4, -0.2) is 0 Å². The van der Waals surface area contributed by atoms with Crippen LogP contribution in [0.15, 0.2) is 109 Å². The van der Waals surface area contributed by atoms with Gasteiger partial charge in [0.05, 0.1) is 0 Å². The molecule has 164 valence electrons. The van der Waals surface area contributed by atoms with Gasteiger partial charge in [0, 0.05) is 5.41 Å². The molecule has 0 saturated carbocycles. The fraction of sp³-hybridized carbons (Fsp3) is 0.179. The summed E-state index contributed by atoms with van der Waals surface area (Å²) in [7, 11) is 0. The normalized spacial score (nSPS) is 11.1. The van der Waals surface area contributed by atoms with E-state index in [1.165, 1.54) is 27.8 Å². The van der Waals surface area contributed by atoms with Crippen molar-refractivity contribution < 1.29 is 58.9 Å². The zero-order valence-corrected chi connectivity index (χ0v) is 22.1. The maximum atomic E-state index is 2.42. The van der Waals surface area contributed by atoms with Gasteiger partial charge in [0.2, 0.25) is 0 Å². The predicted octanol–water partition coefficient (Wildman–Crippen LogP) is -1.69. The Balaban J connectivity index is 0.00000240. The van der Waals surface area contributed by atoms with Gasteiger partial charge < -0.3 is 37.2 Å². The van der Waals surface area contributed by atoms with E-state index in [9.17, 15) is 0 Å². The van der Waals surface area contributed by atoms with Gasteiger partial charge in [-0.1, -0.05) is 117 Å². The number of rotatable bonds is 6. The quantitative estimate of drug-likeness (QED) is 0.163. The molecule has 4 aromatic rings. The Bertz CT molecular complexity index is 918. The van der Waals surface area contributed by atoms with Gasteiger partial charge in [-0.3, -0.25) is 0 Å². The van der Waals surface area contributed by atoms with Crippen molar-refractivity contribution >= 4 is 0 Å². The summed E-state index contributed by atoms with van der Waals surface area (Å²) in [5.74, 6) is 0.564. The Labute approximate surface area is 226 Å². The van der Waals surface area contributed by atoms with Gasteiger partial charge in [-0.25, -0.2) is 6.07 Å². The van der Waals surface area contributed by atoms with Crippen LogP contribution in [0.5, 0.6) is 0 Å². The minimum Gasteiger partial charge on any atom is -1.00 e. The third kappa shape index (κ3) is 5.74. The molecule has 32 heavy (non-hydrogen) atoms. The molecule has 0 nitrogen and oxygen atoms in total. The van der Waals surface area contributed by atoms with Crippen LogP contribution in [0.3, 0.4) is 0 Å². The van der Waals surface area contributed by atoms with Gasteiger partial charge in [0.15, 0.2) is 0 Å². The zero-order chi connectivity index (χ0) is 19.4. The summed E-state index contributed by atoms with van der Waals surface area (Å²) in [5.41, 5.74) is 6.34. The maximum Gasteiger partial charge on any atom is 4.00 e. The fourth-order valence-corrected chi connectivity index (χ4v) is 4.30. The molecule has 4 heteroatoms. The van der Waals surface area contributed by atoms with Gasteiger partial charge >= 0.3 is 21.7 Å². The van der Waals surface area contributed by atoms with Crippen LogP contribution in [0.1, 0.15) is 54.0 Å². The van der Waals surface area contributed by atoms with E-state index in [1.807, 2.05) is 0 Å². The SMILES string of the molecule is CCC(C)c1cc[c-](C(c2ccccc2)(c2ccccc2)c2ccccc2)c1.[Cl-].[Cl-].[Cl-].[Ti+4]. The number of benzene rings is 3. The molecule has 1 atom stereocenters. The summed E-state index contributed by atoms with van der Waals surface area (Å²) in [6.07, 6.45) is 1.15. The molecule has 0 radical (unpaired) electrons. The van der Waals surface area contributed by atoms with Crippen molar-refractivity contribution in [2.75, 3.05) is 0 Å². The van der Waals surface area contributed by atoms with Gasteiger partial charge in [-0.05, 0) is 16.7 Å². The molecule has 0 aliphatic rings. The van der Waals surface area contributed by atoms with Gasteiger partial charge in [0.1, 0.15) is 0 Å². The predicted molar refractivity (Wildman–Crippen MR) is 119 cm³/mol. The minimum atomic E-state index is -0.324. The largest absolute Gasteiger partial charge is 4.00 e. The number of hydrogen-bond donors (Lipinski definition) is 0. The molecule has 0 heterocycles. The van der Waals surface area contributed by atoms with Crippen LogP contribution >= 0.6 is 0 Å². The molecule has 0 bridgehead atoms. The summed E-state index contributed by atoms with van der Waals surface area (Å²) < 4.78 is 0. The molecule has 0 spiro atoms. The molecule has 0 fully saturated rings. The first-order chi connectivity index (χ1) is 13.8. The average Bonchev–Trinajstić information content (AvgIpc) is 3.26. The molecular formula is C28H27Cl3Ti. The molecule has 4 aromatic carbocycles. The smallest absolute Gasteiger partial charge is 1.00 e. The summed E-state index contributed by atoms with van der Waals surface area (Å²) in [5, 5.41) is 0. The first-order valence-electron chi connectivity index (χ1n) is 10.2. The van der Waals surface area contributed by atoms with E-state index in [-0.39, 0.29) is 64.4 Å². The molecule has 0 N–H and O–H groups in total. The van der Waals surface area contributed by atoms with Crippen molar-refractivity contribution in [2.24, 2.45) is 0 Å². The molecule has 0 aliphatic carbocycles. The molecule has 1 unspecified atom stereocenters. The Morgan fingerprint density at radius 2 is 1.03 bits per heavy atom. The number of hydrogen-bond acceptors (Lipinski definition) is 0. The van der Waals surface area contributed by atoms with E-state index < -0.39 is 0 Å². The second kappa shape index (κ2) is 14.0. The number of halogens is 3. The molecular weight excluding hydrogens is 491 g/mol. The van der Waals surface area contributed by atoms with Crippen LogP contribution in [0, 0.1) is 0 Å². The first-order valence-corrected chi connectivity index (χ1v) is 10.2. The maximum absolute atomic E-state index is 2.42. The van der Waals surface area contributed by atoms with Crippen molar-refractivity contribution in [1.82, 2.24) is 0 Å². The van der Waals surface area contributed by atoms with E-state index in [1.54, 1.807) is 0 Å². The van der Waals surface area contributed by atoms with E-state index in [0.29, 0.717) is 5.92 Å². The van der Waals surface area contributed by atoms with Crippen LogP contribution in [-0.2, 0) is 27.1 Å². The average molecular weight is 518 g/mol. The van der Waals surface area contributed by atoms with Crippen molar-refractivity contribution in [1.29, 1.82) is 0 Å². The minimum absolute atomic E-state index is 0. The van der Waals surface area contributed by atoms with E-state index in [4.69, 9.17) is 0 Å². The second-order valence-corrected chi connectivity index (χ2v) is 7.59. The van der Waals surface area contributed by atoms with Crippen molar-refractivity contribution in [3.05, 3.63) is 137 Å². The molecule has 4 rings (SSSR count). The van der Waals surface area contributed by atoms with Crippen molar-refractivity contribution in [3.63, 3.8) is 0 Å². The fourth-order valence-electron chi connectivity index (χ4n) is 4.30. The van der Waals surface area contributed by atoms with E-state index in [2.05, 4.69) is 123 Å². The topological polar surface area (TPSA) is 0 Å². The summed E-state index contributed by atoms with van der Waals surface area (Å²) in [4.78, 5) is 0. The molecule has 0 aliphatic heterocycles. The Morgan fingerprint density at radius 3 is 1.38 bits per heavy atom. The molecule has 0 saturated heterocycles. The first kappa shape index (κ1) is 30.6. The van der Waals surface area contributed by atoms with Crippen LogP contribution in [0.25, 0.3) is 0 Å². The molecule has 0 amide bonds. The third-order valence-electron chi connectivity index (χ3n) is 6.01. The zero-order valence-electron chi connectivity index (χ0n) is 18.3. The third-order valence-corrected chi connectivity index (χ3v) is 6.01. The van der Waals surface area contributed by atoms with Gasteiger partial charge in [-0.15, -0.1) is 5.56 Å². The molecule has 0 aromatic heterocycles. The van der Waals surface area contributed by atoms with Crippen LogP contribution in [0.4, 0.5) is 0 Å². The standard InChI is InChI=1S/C28H27.3ClH.Ti/c1-3-22(2)23-19-20-27(21-23)28(24-13-7-4-8-14-24,25-15-9-5-10-16-25)26-17-11-6-12-18-26;;;;/h4-22H,3H2,1-2H3;3*1H;/q-1;;;;+4/p-3. The summed E-state index contributed by atoms with van der Waals surface area (Å²) >= 11 is 0. The van der Waals surface area contributed by atoms with Gasteiger partial charge in [-0.2, -0.15) is 17.7 Å². The Hall–Kier alpha value is -1.41. The second-order valence-electron chi connectivity index (χ2n) is 7.59. The van der Waals surface area contributed by atoms with Crippen molar-refractivity contribution in [2.45, 2.75) is 31.6 Å². The van der Waals surface area contributed by atoms with E-state index >= 15 is 0 Å². The Kier molecular flexibility index (Phi) is 13.4. The summed E-state index contributed by atoms with van der Waals surface area (Å²) in [6.45, 7) is 4.57. The van der Waals surface area contributed by atoms with E-state index in [0.717, 1.165) is 6.42 Å². The van der Waals surface area contributed by atoms with Crippen LogP contribution < -0.4 is 37.2 Å². The van der Waals surface area contributed by atoms with Crippen molar-refractivity contribution in [3.8, 4) is 0 Å².